The van der Waals surface area contributed by atoms with E-state index in [1.807, 2.05) is 42.5 Å². The minimum atomic E-state index is -0.00642. The number of ether oxygens (including phenoxy) is 1. The van der Waals surface area contributed by atoms with Crippen LogP contribution in [0, 0.1) is 0 Å². The van der Waals surface area contributed by atoms with Gasteiger partial charge in [-0.05, 0) is 35.9 Å². The van der Waals surface area contributed by atoms with Gasteiger partial charge in [-0.2, -0.15) is 0 Å². The summed E-state index contributed by atoms with van der Waals surface area (Å²) in [5.74, 6) is 0.759. The summed E-state index contributed by atoms with van der Waals surface area (Å²) in [4.78, 5) is 13.9. The number of anilines is 2. The number of amides is 1. The maximum atomic E-state index is 12.3. The van der Waals surface area contributed by atoms with E-state index < -0.39 is 0 Å². The van der Waals surface area contributed by atoms with Crippen LogP contribution in [-0.2, 0) is 11.2 Å². The molecule has 0 saturated heterocycles. The molecule has 104 valence electrons. The second-order valence-corrected chi connectivity index (χ2v) is 4.53. The molecule has 0 unspecified atom stereocenters. The fourth-order valence-corrected chi connectivity index (χ4v) is 1.93. The van der Waals surface area contributed by atoms with Crippen molar-refractivity contribution in [3.63, 3.8) is 0 Å². The molecule has 2 N–H and O–H groups in total. The third-order valence-corrected chi connectivity index (χ3v) is 3.23. The molecule has 0 radical (unpaired) electrons. The number of carbonyl (C=O) groups is 1. The SMILES string of the molecule is COc1ccc(N(C)C(=O)Cc2ccccc2N)cc1. The summed E-state index contributed by atoms with van der Waals surface area (Å²) in [7, 11) is 3.37. The second kappa shape index (κ2) is 6.10. The molecule has 0 fully saturated rings. The van der Waals surface area contributed by atoms with Crippen LogP contribution in [0.5, 0.6) is 5.75 Å². The lowest BCUT2D eigenvalue weighted by atomic mass is 10.1. The number of methoxy groups -OCH3 is 1. The molecule has 2 aromatic rings. The van der Waals surface area contributed by atoms with Crippen LogP contribution in [0.25, 0.3) is 0 Å². The van der Waals surface area contributed by atoms with Crippen LogP contribution in [0.3, 0.4) is 0 Å². The maximum absolute atomic E-state index is 12.3. The van der Waals surface area contributed by atoms with Crippen molar-refractivity contribution in [3.8, 4) is 5.75 Å². The van der Waals surface area contributed by atoms with Gasteiger partial charge in [0, 0.05) is 18.4 Å². The number of carbonyl (C=O) groups excluding carboxylic acids is 1. The first-order valence-corrected chi connectivity index (χ1v) is 6.36. The van der Waals surface area contributed by atoms with Gasteiger partial charge in [0.1, 0.15) is 5.75 Å². The first kappa shape index (κ1) is 13.9. The Morgan fingerprint density at radius 1 is 1.15 bits per heavy atom. The molecule has 0 spiro atoms. The van der Waals surface area contributed by atoms with Crippen LogP contribution in [0.15, 0.2) is 48.5 Å². The minimum Gasteiger partial charge on any atom is -0.497 e. The highest BCUT2D eigenvalue weighted by Gasteiger charge is 2.13. The van der Waals surface area contributed by atoms with Gasteiger partial charge in [0.25, 0.3) is 0 Å². The van der Waals surface area contributed by atoms with Crippen molar-refractivity contribution in [1.82, 2.24) is 0 Å². The lowest BCUT2D eigenvalue weighted by Crippen LogP contribution is -2.28. The number of hydrogen-bond acceptors (Lipinski definition) is 3. The zero-order chi connectivity index (χ0) is 14.5. The van der Waals surface area contributed by atoms with Crippen LogP contribution in [0.2, 0.25) is 0 Å². The average Bonchev–Trinajstić information content (AvgIpc) is 2.49. The van der Waals surface area contributed by atoms with E-state index in [1.165, 1.54) is 0 Å². The van der Waals surface area contributed by atoms with Crippen LogP contribution in [0.4, 0.5) is 11.4 Å². The predicted molar refractivity (Wildman–Crippen MR) is 81.0 cm³/mol. The summed E-state index contributed by atoms with van der Waals surface area (Å²) in [6, 6.07) is 14.8. The minimum absolute atomic E-state index is 0.00642. The first-order valence-electron chi connectivity index (χ1n) is 6.36. The molecule has 2 aromatic carbocycles. The van der Waals surface area contributed by atoms with Gasteiger partial charge in [-0.25, -0.2) is 0 Å². The lowest BCUT2D eigenvalue weighted by molar-refractivity contribution is -0.117. The van der Waals surface area contributed by atoms with Crippen molar-refractivity contribution in [2.75, 3.05) is 24.8 Å². The number of para-hydroxylation sites is 1. The topological polar surface area (TPSA) is 55.6 Å². The highest BCUT2D eigenvalue weighted by Crippen LogP contribution is 2.20. The third kappa shape index (κ3) is 3.09. The van der Waals surface area contributed by atoms with Gasteiger partial charge in [0.15, 0.2) is 0 Å². The summed E-state index contributed by atoms with van der Waals surface area (Å²) in [6.45, 7) is 0. The lowest BCUT2D eigenvalue weighted by Gasteiger charge is -2.18. The average molecular weight is 270 g/mol. The van der Waals surface area contributed by atoms with Gasteiger partial charge in [-0.3, -0.25) is 4.79 Å². The van der Waals surface area contributed by atoms with Crippen molar-refractivity contribution in [3.05, 3.63) is 54.1 Å². The molecule has 1 amide bonds. The van der Waals surface area contributed by atoms with Crippen molar-refractivity contribution in [1.29, 1.82) is 0 Å². The van der Waals surface area contributed by atoms with Crippen LogP contribution in [0.1, 0.15) is 5.56 Å². The molecule has 0 aliphatic heterocycles. The Morgan fingerprint density at radius 2 is 1.80 bits per heavy atom. The normalized spacial score (nSPS) is 10.1. The van der Waals surface area contributed by atoms with Gasteiger partial charge in [0.2, 0.25) is 5.91 Å². The van der Waals surface area contributed by atoms with E-state index in [0.717, 1.165) is 17.0 Å². The molecule has 0 saturated carbocycles. The Bertz CT molecular complexity index is 594. The molecule has 0 heterocycles. The highest BCUT2D eigenvalue weighted by atomic mass is 16.5. The van der Waals surface area contributed by atoms with Gasteiger partial charge >= 0.3 is 0 Å². The van der Waals surface area contributed by atoms with Gasteiger partial charge < -0.3 is 15.4 Å². The zero-order valence-electron chi connectivity index (χ0n) is 11.7. The molecular weight excluding hydrogens is 252 g/mol. The number of benzene rings is 2. The molecule has 0 aliphatic rings. The fourth-order valence-electron chi connectivity index (χ4n) is 1.93. The van der Waals surface area contributed by atoms with E-state index in [1.54, 1.807) is 25.1 Å². The molecule has 0 atom stereocenters. The summed E-state index contributed by atoms with van der Waals surface area (Å²) in [5, 5.41) is 0. The standard InChI is InChI=1S/C16H18N2O2/c1-18(13-7-9-14(20-2)10-8-13)16(19)11-12-5-3-4-6-15(12)17/h3-10H,11,17H2,1-2H3. The quantitative estimate of drug-likeness (QED) is 0.868. The largest absolute Gasteiger partial charge is 0.497 e. The number of nitrogen functional groups attached to an aromatic ring is 1. The van der Waals surface area contributed by atoms with Crippen molar-refractivity contribution < 1.29 is 9.53 Å². The molecule has 4 nitrogen and oxygen atoms in total. The number of rotatable bonds is 4. The van der Waals surface area contributed by atoms with E-state index in [0.29, 0.717) is 5.69 Å². The van der Waals surface area contributed by atoms with Crippen molar-refractivity contribution >= 4 is 17.3 Å². The van der Waals surface area contributed by atoms with E-state index in [4.69, 9.17) is 10.5 Å². The summed E-state index contributed by atoms with van der Waals surface area (Å²) in [5.41, 5.74) is 8.17. The van der Waals surface area contributed by atoms with Gasteiger partial charge in [-0.15, -0.1) is 0 Å². The summed E-state index contributed by atoms with van der Waals surface area (Å²) < 4.78 is 5.10. The van der Waals surface area contributed by atoms with E-state index >= 15 is 0 Å². The predicted octanol–water partition coefficient (Wildman–Crippen LogP) is 2.48. The maximum Gasteiger partial charge on any atom is 0.231 e. The fraction of sp³-hybridized carbons (Fsp3) is 0.188. The number of nitrogens with zero attached hydrogens (tertiary/aromatic N) is 1. The summed E-state index contributed by atoms with van der Waals surface area (Å²) >= 11 is 0. The van der Waals surface area contributed by atoms with Crippen LogP contribution >= 0.6 is 0 Å². The van der Waals surface area contributed by atoms with E-state index in [-0.39, 0.29) is 12.3 Å². The number of likely N-dealkylation sites (N-methyl/N-ethyl adjacent to an activating group) is 1. The molecular formula is C16H18N2O2. The van der Waals surface area contributed by atoms with E-state index in [9.17, 15) is 4.79 Å². The van der Waals surface area contributed by atoms with Crippen molar-refractivity contribution in [2.24, 2.45) is 0 Å². The smallest absolute Gasteiger partial charge is 0.231 e. The molecule has 0 bridgehead atoms. The van der Waals surface area contributed by atoms with Gasteiger partial charge in [0.05, 0.1) is 13.5 Å². The monoisotopic (exact) mass is 270 g/mol. The Morgan fingerprint density at radius 3 is 2.40 bits per heavy atom. The highest BCUT2D eigenvalue weighted by molar-refractivity contribution is 5.94. The van der Waals surface area contributed by atoms with Gasteiger partial charge in [-0.1, -0.05) is 18.2 Å². The summed E-state index contributed by atoms with van der Waals surface area (Å²) in [6.07, 6.45) is 0.287. The molecule has 0 aliphatic carbocycles. The number of nitrogens with two attached hydrogens (primary N) is 1. The number of hydrogen-bond donors (Lipinski definition) is 1. The van der Waals surface area contributed by atoms with E-state index in [2.05, 4.69) is 0 Å². The second-order valence-electron chi connectivity index (χ2n) is 4.53. The Labute approximate surface area is 118 Å². The van der Waals surface area contributed by atoms with Crippen LogP contribution in [-0.4, -0.2) is 20.1 Å². The van der Waals surface area contributed by atoms with Crippen molar-refractivity contribution in [2.45, 2.75) is 6.42 Å². The molecule has 0 aromatic heterocycles. The Balaban J connectivity index is 2.10. The Hall–Kier alpha value is -2.49. The zero-order valence-corrected chi connectivity index (χ0v) is 11.7. The van der Waals surface area contributed by atoms with Crippen LogP contribution < -0.4 is 15.4 Å². The molecule has 4 heteroatoms. The molecule has 2 rings (SSSR count). The first-order chi connectivity index (χ1) is 9.61. The third-order valence-electron chi connectivity index (χ3n) is 3.23. The Kier molecular flexibility index (Phi) is 4.25. The molecule has 20 heavy (non-hydrogen) atoms.